The first-order valence-electron chi connectivity index (χ1n) is 8.73. The molecule has 0 aliphatic rings. The van der Waals surface area contributed by atoms with Gasteiger partial charge >= 0.3 is 0 Å². The molecule has 0 spiro atoms. The smallest absolute Gasteiger partial charge is 0.255 e. The second-order valence-electron chi connectivity index (χ2n) is 6.26. The zero-order valence-electron chi connectivity index (χ0n) is 15.0. The Morgan fingerprint density at radius 3 is 2.34 bits per heavy atom. The van der Waals surface area contributed by atoms with Gasteiger partial charge in [-0.15, -0.1) is 0 Å². The molecule has 0 radical (unpaired) electrons. The van der Waals surface area contributed by atoms with Crippen LogP contribution in [0.3, 0.4) is 0 Å². The van der Waals surface area contributed by atoms with Crippen LogP contribution in [0.5, 0.6) is 5.75 Å². The number of aromatic hydroxyl groups is 1. The van der Waals surface area contributed by atoms with E-state index in [4.69, 9.17) is 0 Å². The van der Waals surface area contributed by atoms with Crippen molar-refractivity contribution in [2.75, 3.05) is 15.8 Å². The standard InChI is InChI=1S/C21H16N4O4/c26-15-8-4-5-13(11-15)23-24-18-19(21(29)20(18)28)25(14-6-2-1-3-7-14)17-12-16(27)9-10-22-17/h1-12,23-24,26H,(H,22,27). The fraction of sp³-hybridized carbons (Fsp3) is 0. The number of aromatic amines is 1. The Bertz CT molecular complexity index is 1290. The predicted octanol–water partition coefficient (Wildman–Crippen LogP) is 2.59. The van der Waals surface area contributed by atoms with E-state index in [0.29, 0.717) is 17.2 Å². The number of hydrogen-bond acceptors (Lipinski definition) is 7. The second-order valence-corrected chi connectivity index (χ2v) is 6.26. The van der Waals surface area contributed by atoms with Crippen molar-refractivity contribution in [1.29, 1.82) is 0 Å². The maximum atomic E-state index is 12.5. The van der Waals surface area contributed by atoms with Crippen LogP contribution in [0.1, 0.15) is 0 Å². The number of hydrazine groups is 1. The molecule has 0 amide bonds. The molecule has 4 N–H and O–H groups in total. The van der Waals surface area contributed by atoms with Gasteiger partial charge in [0.05, 0.1) is 5.69 Å². The highest BCUT2D eigenvalue weighted by Crippen LogP contribution is 2.34. The highest BCUT2D eigenvalue weighted by atomic mass is 16.3. The van der Waals surface area contributed by atoms with E-state index in [-0.39, 0.29) is 22.6 Å². The summed E-state index contributed by atoms with van der Waals surface area (Å²) in [6, 6.07) is 17.9. The van der Waals surface area contributed by atoms with Crippen LogP contribution in [-0.4, -0.2) is 10.1 Å². The molecule has 0 aliphatic heterocycles. The summed E-state index contributed by atoms with van der Waals surface area (Å²) in [5.41, 5.74) is 5.17. The Hall–Kier alpha value is -4.33. The van der Waals surface area contributed by atoms with Gasteiger partial charge in [-0.2, -0.15) is 0 Å². The van der Waals surface area contributed by atoms with E-state index in [1.165, 1.54) is 35.4 Å². The summed E-state index contributed by atoms with van der Waals surface area (Å²) < 4.78 is 0. The molecule has 1 heterocycles. The molecule has 0 unspecified atom stereocenters. The second kappa shape index (κ2) is 7.35. The number of nitrogens with one attached hydrogen (secondary N) is 3. The number of H-pyrrole nitrogens is 1. The first kappa shape index (κ1) is 18.1. The van der Waals surface area contributed by atoms with Gasteiger partial charge < -0.3 is 15.5 Å². The fourth-order valence-electron chi connectivity index (χ4n) is 2.96. The summed E-state index contributed by atoms with van der Waals surface area (Å²) >= 11 is 0. The molecule has 0 fully saturated rings. The zero-order valence-corrected chi connectivity index (χ0v) is 15.0. The predicted molar refractivity (Wildman–Crippen MR) is 112 cm³/mol. The van der Waals surface area contributed by atoms with Gasteiger partial charge in [0.15, 0.2) is 5.43 Å². The normalized spacial score (nSPS) is 10.6. The van der Waals surface area contributed by atoms with Gasteiger partial charge in [-0.05, 0) is 24.3 Å². The van der Waals surface area contributed by atoms with Gasteiger partial charge in [0.1, 0.15) is 22.9 Å². The number of para-hydroxylation sites is 1. The molecule has 0 aliphatic carbocycles. The first-order chi connectivity index (χ1) is 14.0. The summed E-state index contributed by atoms with van der Waals surface area (Å²) in [7, 11) is 0. The summed E-state index contributed by atoms with van der Waals surface area (Å²) in [4.78, 5) is 41.0. The van der Waals surface area contributed by atoms with Crippen molar-refractivity contribution in [1.82, 2.24) is 4.98 Å². The van der Waals surface area contributed by atoms with Gasteiger partial charge in [-0.3, -0.25) is 24.7 Å². The number of phenolic OH excluding ortho intramolecular Hbond substituents is 1. The molecule has 4 aromatic rings. The average Bonchev–Trinajstić information content (AvgIpc) is 2.73. The zero-order chi connectivity index (χ0) is 20.4. The Kier molecular flexibility index (Phi) is 4.58. The monoisotopic (exact) mass is 388 g/mol. The topological polar surface area (TPSA) is 115 Å². The maximum absolute atomic E-state index is 12.5. The number of rotatable bonds is 6. The van der Waals surface area contributed by atoms with Crippen LogP contribution in [0.15, 0.2) is 87.3 Å². The molecule has 8 nitrogen and oxygen atoms in total. The lowest BCUT2D eigenvalue weighted by atomic mass is 10.1. The van der Waals surface area contributed by atoms with Crippen molar-refractivity contribution in [2.24, 2.45) is 0 Å². The molecule has 0 saturated carbocycles. The number of nitrogens with zero attached hydrogens (tertiary/aromatic N) is 1. The minimum atomic E-state index is -0.688. The molecule has 4 rings (SSSR count). The van der Waals surface area contributed by atoms with E-state index < -0.39 is 10.9 Å². The molecule has 8 heteroatoms. The van der Waals surface area contributed by atoms with E-state index >= 15 is 0 Å². The number of phenols is 1. The van der Waals surface area contributed by atoms with E-state index in [1.54, 1.807) is 36.4 Å². The van der Waals surface area contributed by atoms with Crippen LogP contribution in [0.2, 0.25) is 0 Å². The lowest BCUT2D eigenvalue weighted by Crippen LogP contribution is -2.40. The lowest BCUT2D eigenvalue weighted by Gasteiger charge is -2.27. The number of anilines is 5. The van der Waals surface area contributed by atoms with Crippen LogP contribution in [-0.2, 0) is 0 Å². The van der Waals surface area contributed by atoms with Gasteiger partial charge in [-0.1, -0.05) is 24.3 Å². The maximum Gasteiger partial charge on any atom is 0.255 e. The molecule has 1 aromatic heterocycles. The van der Waals surface area contributed by atoms with E-state index in [1.807, 2.05) is 6.07 Å². The molecule has 0 atom stereocenters. The van der Waals surface area contributed by atoms with Gasteiger partial charge in [0.2, 0.25) is 0 Å². The minimum Gasteiger partial charge on any atom is -0.508 e. The van der Waals surface area contributed by atoms with Crippen molar-refractivity contribution < 1.29 is 5.11 Å². The highest BCUT2D eigenvalue weighted by molar-refractivity contribution is 5.86. The Morgan fingerprint density at radius 2 is 1.62 bits per heavy atom. The fourth-order valence-corrected chi connectivity index (χ4v) is 2.96. The van der Waals surface area contributed by atoms with Crippen molar-refractivity contribution in [3.63, 3.8) is 0 Å². The molecule has 0 bridgehead atoms. The molecular weight excluding hydrogens is 372 g/mol. The van der Waals surface area contributed by atoms with Crippen LogP contribution in [0.25, 0.3) is 0 Å². The number of aromatic nitrogens is 1. The highest BCUT2D eigenvalue weighted by Gasteiger charge is 2.28. The van der Waals surface area contributed by atoms with E-state index in [0.717, 1.165) is 0 Å². The summed E-state index contributed by atoms with van der Waals surface area (Å²) in [6.07, 6.45) is 1.47. The average molecular weight is 388 g/mol. The van der Waals surface area contributed by atoms with Crippen LogP contribution in [0, 0.1) is 0 Å². The first-order valence-corrected chi connectivity index (χ1v) is 8.73. The lowest BCUT2D eigenvalue weighted by molar-refractivity contribution is 0.475. The van der Waals surface area contributed by atoms with E-state index in [9.17, 15) is 19.5 Å². The third kappa shape index (κ3) is 3.46. The number of pyridine rings is 1. The summed E-state index contributed by atoms with van der Waals surface area (Å²) in [6.45, 7) is 0. The molecule has 0 saturated heterocycles. The largest absolute Gasteiger partial charge is 0.508 e. The molecule has 144 valence electrons. The third-order valence-electron chi connectivity index (χ3n) is 4.30. The van der Waals surface area contributed by atoms with Crippen LogP contribution < -0.4 is 32.0 Å². The van der Waals surface area contributed by atoms with E-state index in [2.05, 4.69) is 15.8 Å². The van der Waals surface area contributed by atoms with Crippen LogP contribution in [0.4, 0.5) is 28.6 Å². The number of benzene rings is 2. The third-order valence-corrected chi connectivity index (χ3v) is 4.30. The van der Waals surface area contributed by atoms with Crippen LogP contribution >= 0.6 is 0 Å². The van der Waals surface area contributed by atoms with Gasteiger partial charge in [-0.25, -0.2) is 0 Å². The Balaban J connectivity index is 1.76. The quantitative estimate of drug-likeness (QED) is 0.296. The van der Waals surface area contributed by atoms with Gasteiger partial charge in [0, 0.05) is 30.1 Å². The summed E-state index contributed by atoms with van der Waals surface area (Å²) in [5, 5.41) is 9.56. The van der Waals surface area contributed by atoms with Crippen molar-refractivity contribution in [3.05, 3.63) is 104 Å². The van der Waals surface area contributed by atoms with Crippen molar-refractivity contribution in [3.8, 4) is 5.75 Å². The minimum absolute atomic E-state index is 0.0481. The van der Waals surface area contributed by atoms with Gasteiger partial charge in [0.25, 0.3) is 10.9 Å². The number of hydrogen-bond donors (Lipinski definition) is 4. The summed E-state index contributed by atoms with van der Waals surface area (Å²) in [5.74, 6) is 0.394. The van der Waals surface area contributed by atoms with Crippen molar-refractivity contribution in [2.45, 2.75) is 0 Å². The SMILES string of the molecule is O=c1cc[nH]c(N(c2ccccc2)c2c(NNc3cccc(O)c3)c(=O)c2=O)c1. The molecule has 3 aromatic carbocycles. The molecular formula is C21H16N4O4. The van der Waals surface area contributed by atoms with Crippen molar-refractivity contribution >= 4 is 28.6 Å². The Labute approximate surface area is 164 Å². The Morgan fingerprint density at radius 1 is 0.828 bits per heavy atom. The molecule has 29 heavy (non-hydrogen) atoms.